The first-order chi connectivity index (χ1) is 9.22. The molecule has 0 aromatic rings. The maximum Gasteiger partial charge on any atom is 0.286 e. The summed E-state index contributed by atoms with van der Waals surface area (Å²) in [6, 6.07) is 0. The lowest BCUT2D eigenvalue weighted by Crippen LogP contribution is -2.27. The molecule has 2 atom stereocenters. The maximum atomic E-state index is 11.0. The molecule has 0 aromatic heterocycles. The molecule has 2 aliphatic heterocycles. The molecule has 0 saturated carbocycles. The Morgan fingerprint density at radius 1 is 0.900 bits per heavy atom. The second kappa shape index (κ2) is 7.42. The van der Waals surface area contributed by atoms with E-state index in [0.717, 1.165) is 11.8 Å². The Balaban J connectivity index is 0.000000200. The van der Waals surface area contributed by atoms with E-state index in [9.17, 15) is 14.4 Å². The van der Waals surface area contributed by atoms with Gasteiger partial charge in [0.05, 0.1) is 10.5 Å². The molecule has 0 aliphatic carbocycles. The summed E-state index contributed by atoms with van der Waals surface area (Å²) in [6.07, 6.45) is 0. The van der Waals surface area contributed by atoms with E-state index in [0.29, 0.717) is 10.2 Å². The predicted octanol–water partition coefficient (Wildman–Crippen LogP) is 2.15. The normalized spacial score (nSPS) is 25.7. The Morgan fingerprint density at radius 3 is 1.55 bits per heavy atom. The number of thioether (sulfide) groups is 2. The van der Waals surface area contributed by atoms with Crippen molar-refractivity contribution in [2.75, 3.05) is 0 Å². The highest BCUT2D eigenvalue weighted by atomic mass is 32.2. The van der Waals surface area contributed by atoms with Crippen LogP contribution in [-0.4, -0.2) is 31.9 Å². The molecule has 0 spiro atoms. The van der Waals surface area contributed by atoms with Crippen LogP contribution in [-0.2, 0) is 9.59 Å². The van der Waals surface area contributed by atoms with Crippen LogP contribution in [0.1, 0.15) is 27.7 Å². The third kappa shape index (κ3) is 4.75. The van der Waals surface area contributed by atoms with Gasteiger partial charge in [0.15, 0.2) is 0 Å². The molecular formula is C12H18N2O3S3. The topological polar surface area (TPSA) is 75.3 Å². The summed E-state index contributed by atoms with van der Waals surface area (Å²) in [6.45, 7) is 7.89. The summed E-state index contributed by atoms with van der Waals surface area (Å²) in [4.78, 5) is 32.5. The molecule has 2 saturated heterocycles. The quantitative estimate of drug-likeness (QED) is 0.754. The van der Waals surface area contributed by atoms with Gasteiger partial charge >= 0.3 is 0 Å². The van der Waals surface area contributed by atoms with E-state index in [4.69, 9.17) is 12.2 Å². The Kier molecular flexibility index (Phi) is 6.47. The summed E-state index contributed by atoms with van der Waals surface area (Å²) in [7, 11) is 0. The summed E-state index contributed by atoms with van der Waals surface area (Å²) in [5.74, 6) is 0.511. The fourth-order valence-corrected chi connectivity index (χ4v) is 3.69. The van der Waals surface area contributed by atoms with Gasteiger partial charge < -0.3 is 5.32 Å². The van der Waals surface area contributed by atoms with Gasteiger partial charge in [0.2, 0.25) is 11.8 Å². The molecule has 8 heteroatoms. The molecule has 0 radical (unpaired) electrons. The van der Waals surface area contributed by atoms with Gasteiger partial charge in [0.1, 0.15) is 4.32 Å². The van der Waals surface area contributed by atoms with Gasteiger partial charge in [0, 0.05) is 0 Å². The average molecular weight is 334 g/mol. The average Bonchev–Trinajstić information content (AvgIpc) is 2.82. The lowest BCUT2D eigenvalue weighted by atomic mass is 10.1. The van der Waals surface area contributed by atoms with Gasteiger partial charge in [-0.05, 0) is 11.8 Å². The minimum absolute atomic E-state index is 0.0347. The van der Waals surface area contributed by atoms with Crippen molar-refractivity contribution < 1.29 is 14.4 Å². The Hall–Kier alpha value is -0.600. The van der Waals surface area contributed by atoms with Crippen molar-refractivity contribution in [2.24, 2.45) is 11.8 Å². The second-order valence-electron chi connectivity index (χ2n) is 5.12. The van der Waals surface area contributed by atoms with Crippen LogP contribution in [0.5, 0.6) is 0 Å². The molecule has 2 unspecified atom stereocenters. The van der Waals surface area contributed by atoms with Crippen LogP contribution < -0.4 is 10.6 Å². The third-order valence-corrected chi connectivity index (χ3v) is 5.69. The molecule has 2 N–H and O–H groups in total. The number of hydrogen-bond acceptors (Lipinski definition) is 6. The molecule has 2 aliphatic rings. The number of rotatable bonds is 2. The number of carbonyl (C=O) groups is 3. The number of thiocarbonyl (C=S) groups is 1. The van der Waals surface area contributed by atoms with E-state index < -0.39 is 0 Å². The van der Waals surface area contributed by atoms with E-state index in [-0.39, 0.29) is 33.5 Å². The van der Waals surface area contributed by atoms with Gasteiger partial charge in [-0.15, -0.1) is 0 Å². The molecular weight excluding hydrogens is 316 g/mol. The number of carbonyl (C=O) groups excluding carboxylic acids is 3. The lowest BCUT2D eigenvalue weighted by molar-refractivity contribution is -0.120. The molecule has 3 amide bonds. The predicted molar refractivity (Wildman–Crippen MR) is 86.7 cm³/mol. The molecule has 0 aromatic carbocycles. The zero-order valence-corrected chi connectivity index (χ0v) is 14.2. The first kappa shape index (κ1) is 17.5. The van der Waals surface area contributed by atoms with Crippen molar-refractivity contribution >= 4 is 57.1 Å². The fraction of sp³-hybridized carbons (Fsp3) is 0.667. The zero-order chi connectivity index (χ0) is 15.4. The summed E-state index contributed by atoms with van der Waals surface area (Å²) < 4.78 is 0.615. The largest absolute Gasteiger partial charge is 0.311 e. The highest BCUT2D eigenvalue weighted by Crippen LogP contribution is 2.25. The SMILES string of the molecule is CC(C)C1SC(=O)NC1=O.CC(C)C1SC(=S)NC1=O. The van der Waals surface area contributed by atoms with Gasteiger partial charge in [-0.25, -0.2) is 0 Å². The van der Waals surface area contributed by atoms with E-state index in [1.807, 2.05) is 27.7 Å². The summed E-state index contributed by atoms with van der Waals surface area (Å²) >= 11 is 7.36. The Labute approximate surface area is 132 Å². The molecule has 0 bridgehead atoms. The number of hydrogen-bond donors (Lipinski definition) is 2. The summed E-state index contributed by atoms with van der Waals surface area (Å²) in [5.41, 5.74) is 0. The van der Waals surface area contributed by atoms with Crippen LogP contribution in [0.25, 0.3) is 0 Å². The van der Waals surface area contributed by atoms with E-state index in [1.54, 1.807) is 0 Å². The van der Waals surface area contributed by atoms with Gasteiger partial charge in [-0.3, -0.25) is 19.7 Å². The van der Waals surface area contributed by atoms with Crippen LogP contribution in [0, 0.1) is 11.8 Å². The summed E-state index contributed by atoms with van der Waals surface area (Å²) in [5, 5.41) is 4.48. The Morgan fingerprint density at radius 2 is 1.35 bits per heavy atom. The molecule has 2 fully saturated rings. The maximum absolute atomic E-state index is 11.0. The Bertz CT molecular complexity index is 398. The standard InChI is InChI=1S/C6H9NO2S.C6H9NOS2/c2*1-3(2)4-5(8)7-6(9)10-4/h2*3-4H,1-2H3,(H,7,8,9). The molecule has 112 valence electrons. The monoisotopic (exact) mass is 334 g/mol. The van der Waals surface area contributed by atoms with E-state index in [2.05, 4.69) is 10.6 Å². The smallest absolute Gasteiger partial charge is 0.286 e. The third-order valence-electron chi connectivity index (χ3n) is 2.65. The van der Waals surface area contributed by atoms with Gasteiger partial charge in [0.25, 0.3) is 5.24 Å². The van der Waals surface area contributed by atoms with E-state index >= 15 is 0 Å². The number of nitrogens with one attached hydrogen (secondary N) is 2. The minimum atomic E-state index is -0.219. The first-order valence-electron chi connectivity index (χ1n) is 6.25. The lowest BCUT2D eigenvalue weighted by Gasteiger charge is -2.07. The van der Waals surface area contributed by atoms with Crippen LogP contribution in [0.3, 0.4) is 0 Å². The van der Waals surface area contributed by atoms with Gasteiger partial charge in [-0.2, -0.15) is 0 Å². The van der Waals surface area contributed by atoms with Crippen molar-refractivity contribution in [2.45, 2.75) is 38.2 Å². The van der Waals surface area contributed by atoms with Crippen molar-refractivity contribution in [1.82, 2.24) is 10.6 Å². The van der Waals surface area contributed by atoms with Crippen LogP contribution >= 0.6 is 35.7 Å². The first-order valence-corrected chi connectivity index (χ1v) is 8.42. The van der Waals surface area contributed by atoms with Crippen LogP contribution in [0.15, 0.2) is 0 Å². The zero-order valence-electron chi connectivity index (χ0n) is 11.8. The van der Waals surface area contributed by atoms with Crippen LogP contribution in [0.2, 0.25) is 0 Å². The molecule has 5 nitrogen and oxygen atoms in total. The number of amides is 3. The van der Waals surface area contributed by atoms with E-state index in [1.165, 1.54) is 11.8 Å². The van der Waals surface area contributed by atoms with Crippen molar-refractivity contribution in [3.63, 3.8) is 0 Å². The molecule has 2 rings (SSSR count). The van der Waals surface area contributed by atoms with Crippen molar-refractivity contribution in [3.05, 3.63) is 0 Å². The highest BCUT2D eigenvalue weighted by Gasteiger charge is 2.33. The fourth-order valence-electron chi connectivity index (χ4n) is 1.62. The minimum Gasteiger partial charge on any atom is -0.311 e. The molecule has 20 heavy (non-hydrogen) atoms. The number of imide groups is 1. The van der Waals surface area contributed by atoms with Crippen LogP contribution in [0.4, 0.5) is 4.79 Å². The highest BCUT2D eigenvalue weighted by molar-refractivity contribution is 8.24. The second-order valence-corrected chi connectivity index (χ2v) is 8.05. The van der Waals surface area contributed by atoms with Crippen molar-refractivity contribution in [3.8, 4) is 0 Å². The van der Waals surface area contributed by atoms with Crippen molar-refractivity contribution in [1.29, 1.82) is 0 Å². The molecule has 2 heterocycles. The van der Waals surface area contributed by atoms with Gasteiger partial charge in [-0.1, -0.05) is 63.4 Å².